The predicted octanol–water partition coefficient (Wildman–Crippen LogP) is 2.04. The molecule has 0 saturated heterocycles. The Morgan fingerprint density at radius 3 is 2.08 bits per heavy atom. The van der Waals surface area contributed by atoms with Gasteiger partial charge in [-0.05, 0) is 43.3 Å². The van der Waals surface area contributed by atoms with Crippen molar-refractivity contribution in [3.05, 3.63) is 53.7 Å². The molecule has 7 nitrogen and oxygen atoms in total. The third-order valence-electron chi connectivity index (χ3n) is 3.21. The van der Waals surface area contributed by atoms with Crippen molar-refractivity contribution in [2.75, 3.05) is 10.6 Å². The molecule has 0 aliphatic carbocycles. The molecule has 1 heterocycles. The number of amides is 2. The van der Waals surface area contributed by atoms with E-state index < -0.39 is 17.7 Å². The number of hydrogen-bond donors (Lipinski definition) is 2. The van der Waals surface area contributed by atoms with Gasteiger partial charge in [0.25, 0.3) is 0 Å². The third-order valence-corrected chi connectivity index (χ3v) is 3.21. The van der Waals surface area contributed by atoms with Crippen molar-refractivity contribution >= 4 is 23.3 Å². The highest BCUT2D eigenvalue weighted by Crippen LogP contribution is 2.12. The summed E-state index contributed by atoms with van der Waals surface area (Å²) in [7, 11) is 0. The summed E-state index contributed by atoms with van der Waals surface area (Å²) in [6, 6.07) is 13.2. The first kappa shape index (κ1) is 16.7. The fourth-order valence-electron chi connectivity index (χ4n) is 1.77. The molecule has 0 radical (unpaired) electrons. The maximum absolute atomic E-state index is 12.1. The summed E-state index contributed by atoms with van der Waals surface area (Å²) in [6.45, 7) is 1.47. The molecule has 0 bridgehead atoms. The number of hydrogen-bond acceptors (Lipinski definition) is 5. The van der Waals surface area contributed by atoms with Gasteiger partial charge in [0.1, 0.15) is 17.8 Å². The quantitative estimate of drug-likeness (QED) is 0.836. The normalized spacial score (nSPS) is 10.8. The lowest BCUT2D eigenvalue weighted by Gasteiger charge is -2.12. The van der Waals surface area contributed by atoms with Crippen molar-refractivity contribution < 1.29 is 9.59 Å². The molecule has 24 heavy (non-hydrogen) atoms. The summed E-state index contributed by atoms with van der Waals surface area (Å²) in [4.78, 5) is 28.1. The molecule has 0 aliphatic heterocycles. The van der Waals surface area contributed by atoms with Gasteiger partial charge in [0.15, 0.2) is 0 Å². The Morgan fingerprint density at radius 2 is 1.54 bits per heavy atom. The number of anilines is 2. The minimum atomic E-state index is -0.946. The minimum absolute atomic E-state index is 0.261. The second-order valence-electron chi connectivity index (χ2n) is 4.93. The van der Waals surface area contributed by atoms with Crippen molar-refractivity contribution in [3.8, 4) is 12.1 Å². The Hall–Kier alpha value is -3.71. The van der Waals surface area contributed by atoms with Crippen LogP contribution in [0.15, 0.2) is 42.6 Å². The number of pyridine rings is 1. The SMILES string of the molecule is CC(C(=O)Nc1ccc(C#N)cc1)C(=O)Nc1ccc(C#N)cn1. The Bertz CT molecular complexity index is 758. The van der Waals surface area contributed by atoms with E-state index in [9.17, 15) is 9.59 Å². The fourth-order valence-corrected chi connectivity index (χ4v) is 1.77. The van der Waals surface area contributed by atoms with Crippen LogP contribution >= 0.6 is 0 Å². The van der Waals surface area contributed by atoms with Gasteiger partial charge in [0.05, 0.1) is 17.2 Å². The van der Waals surface area contributed by atoms with Crippen LogP contribution in [0.3, 0.4) is 0 Å². The van der Waals surface area contributed by atoms with Crippen LogP contribution in [0, 0.1) is 28.6 Å². The molecule has 2 N–H and O–H groups in total. The monoisotopic (exact) mass is 319 g/mol. The number of nitrogens with zero attached hydrogens (tertiary/aromatic N) is 3. The van der Waals surface area contributed by atoms with Crippen molar-refractivity contribution in [1.82, 2.24) is 4.98 Å². The molecule has 0 aliphatic rings. The van der Waals surface area contributed by atoms with Gasteiger partial charge in [-0.3, -0.25) is 9.59 Å². The number of aromatic nitrogens is 1. The molecule has 2 aromatic rings. The largest absolute Gasteiger partial charge is 0.325 e. The van der Waals surface area contributed by atoms with Gasteiger partial charge in [0, 0.05) is 11.9 Å². The Morgan fingerprint density at radius 1 is 0.958 bits per heavy atom. The highest BCUT2D eigenvalue weighted by atomic mass is 16.2. The summed E-state index contributed by atoms with van der Waals surface area (Å²) in [6.07, 6.45) is 1.33. The zero-order chi connectivity index (χ0) is 17.5. The second-order valence-corrected chi connectivity index (χ2v) is 4.93. The Labute approximate surface area is 138 Å². The lowest BCUT2D eigenvalue weighted by molar-refractivity contribution is -0.128. The number of benzene rings is 1. The number of carbonyl (C=O) groups is 2. The third kappa shape index (κ3) is 4.15. The molecule has 1 unspecified atom stereocenters. The van der Waals surface area contributed by atoms with Gasteiger partial charge in [-0.1, -0.05) is 0 Å². The molecule has 2 rings (SSSR count). The number of carbonyl (C=O) groups excluding carboxylic acids is 2. The molecule has 2 amide bonds. The van der Waals surface area contributed by atoms with Gasteiger partial charge in [0.2, 0.25) is 11.8 Å². The first-order chi connectivity index (χ1) is 11.5. The minimum Gasteiger partial charge on any atom is -0.325 e. The summed E-state index contributed by atoms with van der Waals surface area (Å²) < 4.78 is 0. The molecule has 0 spiro atoms. The maximum atomic E-state index is 12.1. The van der Waals surface area contributed by atoms with Crippen LogP contribution in [0.4, 0.5) is 11.5 Å². The van der Waals surface area contributed by atoms with Gasteiger partial charge in [-0.25, -0.2) is 4.98 Å². The Kier molecular flexibility index (Phi) is 5.22. The summed E-state index contributed by atoms with van der Waals surface area (Å²) in [5, 5.41) is 22.5. The molecular weight excluding hydrogens is 306 g/mol. The van der Waals surface area contributed by atoms with Crippen molar-refractivity contribution in [2.24, 2.45) is 5.92 Å². The van der Waals surface area contributed by atoms with Crippen LogP contribution in [0.5, 0.6) is 0 Å². The van der Waals surface area contributed by atoms with Crippen LogP contribution in [-0.4, -0.2) is 16.8 Å². The lowest BCUT2D eigenvalue weighted by atomic mass is 10.1. The van der Waals surface area contributed by atoms with E-state index in [-0.39, 0.29) is 5.82 Å². The van der Waals surface area contributed by atoms with Gasteiger partial charge < -0.3 is 10.6 Å². The first-order valence-corrected chi connectivity index (χ1v) is 7.01. The molecule has 118 valence electrons. The van der Waals surface area contributed by atoms with E-state index in [1.54, 1.807) is 24.3 Å². The van der Waals surface area contributed by atoms with Gasteiger partial charge in [-0.15, -0.1) is 0 Å². The molecule has 0 fully saturated rings. The van der Waals surface area contributed by atoms with Crippen LogP contribution in [0.1, 0.15) is 18.1 Å². The second kappa shape index (κ2) is 7.52. The number of rotatable bonds is 4. The highest BCUT2D eigenvalue weighted by molar-refractivity contribution is 6.10. The Balaban J connectivity index is 1.97. The van der Waals surface area contributed by atoms with Crippen LogP contribution < -0.4 is 10.6 Å². The van der Waals surface area contributed by atoms with Crippen LogP contribution in [0.2, 0.25) is 0 Å². The van der Waals surface area contributed by atoms with Crippen molar-refractivity contribution in [2.45, 2.75) is 6.92 Å². The lowest BCUT2D eigenvalue weighted by Crippen LogP contribution is -2.31. The average Bonchev–Trinajstić information content (AvgIpc) is 2.62. The average molecular weight is 319 g/mol. The molecule has 1 aromatic carbocycles. The summed E-state index contributed by atoms with van der Waals surface area (Å²) >= 11 is 0. The van der Waals surface area contributed by atoms with E-state index in [0.29, 0.717) is 16.8 Å². The zero-order valence-electron chi connectivity index (χ0n) is 12.8. The van der Waals surface area contributed by atoms with E-state index in [0.717, 1.165) is 0 Å². The van der Waals surface area contributed by atoms with E-state index >= 15 is 0 Å². The highest BCUT2D eigenvalue weighted by Gasteiger charge is 2.22. The molecule has 0 saturated carbocycles. The number of nitriles is 2. The molecular formula is C17H13N5O2. The van der Waals surface area contributed by atoms with Gasteiger partial charge >= 0.3 is 0 Å². The zero-order valence-corrected chi connectivity index (χ0v) is 12.8. The van der Waals surface area contributed by atoms with E-state index in [2.05, 4.69) is 15.6 Å². The molecule has 1 atom stereocenters. The molecule has 1 aromatic heterocycles. The topological polar surface area (TPSA) is 119 Å². The van der Waals surface area contributed by atoms with Crippen LogP contribution in [0.25, 0.3) is 0 Å². The number of nitrogens with one attached hydrogen (secondary N) is 2. The maximum Gasteiger partial charge on any atom is 0.237 e. The standard InChI is InChI=1S/C17H13N5O2/c1-11(16(23)21-14-5-2-12(8-18)3-6-14)17(24)22-15-7-4-13(9-19)10-20-15/h2-7,10-11H,1H3,(H,21,23)(H,20,22,24). The van der Waals surface area contributed by atoms with Crippen molar-refractivity contribution in [1.29, 1.82) is 10.5 Å². The van der Waals surface area contributed by atoms with E-state index in [4.69, 9.17) is 10.5 Å². The molecule has 7 heteroatoms. The summed E-state index contributed by atoms with van der Waals surface area (Å²) in [5.41, 5.74) is 1.35. The van der Waals surface area contributed by atoms with Crippen molar-refractivity contribution in [3.63, 3.8) is 0 Å². The predicted molar refractivity (Wildman–Crippen MR) is 86.5 cm³/mol. The van der Waals surface area contributed by atoms with E-state index in [1.165, 1.54) is 25.3 Å². The first-order valence-electron chi connectivity index (χ1n) is 7.01. The smallest absolute Gasteiger partial charge is 0.237 e. The fraction of sp³-hybridized carbons (Fsp3) is 0.118. The summed E-state index contributed by atoms with van der Waals surface area (Å²) in [5.74, 6) is -1.68. The van der Waals surface area contributed by atoms with Crippen LogP contribution in [-0.2, 0) is 9.59 Å². The van der Waals surface area contributed by atoms with E-state index in [1.807, 2.05) is 12.1 Å². The van der Waals surface area contributed by atoms with Gasteiger partial charge in [-0.2, -0.15) is 10.5 Å².